The molecule has 19 heavy (non-hydrogen) atoms. The largest absolute Gasteiger partial charge is 0.351 e. The summed E-state index contributed by atoms with van der Waals surface area (Å²) >= 11 is 0. The van der Waals surface area contributed by atoms with Gasteiger partial charge in [0.15, 0.2) is 0 Å². The highest BCUT2D eigenvalue weighted by Crippen LogP contribution is 2.15. The first-order valence-electron chi connectivity index (χ1n) is 6.81. The van der Waals surface area contributed by atoms with E-state index in [4.69, 9.17) is 5.84 Å². The molecule has 5 heteroatoms. The Hall–Kier alpha value is -1.46. The van der Waals surface area contributed by atoms with Crippen LogP contribution in [0.2, 0.25) is 0 Å². The predicted molar refractivity (Wildman–Crippen MR) is 74.1 cm³/mol. The van der Waals surface area contributed by atoms with E-state index >= 15 is 0 Å². The Labute approximate surface area is 114 Å². The van der Waals surface area contributed by atoms with E-state index in [1.807, 2.05) is 6.20 Å². The molecule has 1 fully saturated rings. The van der Waals surface area contributed by atoms with E-state index < -0.39 is 0 Å². The van der Waals surface area contributed by atoms with Crippen LogP contribution in [0.5, 0.6) is 0 Å². The number of aromatic nitrogens is 1. The van der Waals surface area contributed by atoms with Crippen LogP contribution in [0.25, 0.3) is 0 Å². The predicted octanol–water partition coefficient (Wildman–Crippen LogP) is 1.16. The molecule has 1 saturated heterocycles. The summed E-state index contributed by atoms with van der Waals surface area (Å²) in [5.74, 6) is 6.22. The Morgan fingerprint density at radius 3 is 3.00 bits per heavy atom. The van der Waals surface area contributed by atoms with Gasteiger partial charge in [0, 0.05) is 25.5 Å². The van der Waals surface area contributed by atoms with Crippen molar-refractivity contribution in [2.24, 2.45) is 5.84 Å². The molecule has 0 spiro atoms. The number of carbonyl (C=O) groups is 1. The van der Waals surface area contributed by atoms with Gasteiger partial charge in [0.1, 0.15) is 6.04 Å². The number of hydrogen-bond acceptors (Lipinski definition) is 4. The first kappa shape index (κ1) is 14.0. The summed E-state index contributed by atoms with van der Waals surface area (Å²) in [4.78, 5) is 16.2. The van der Waals surface area contributed by atoms with Gasteiger partial charge in [-0.25, -0.2) is 5.01 Å². The van der Waals surface area contributed by atoms with E-state index in [0.29, 0.717) is 12.5 Å². The lowest BCUT2D eigenvalue weighted by molar-refractivity contribution is -0.125. The monoisotopic (exact) mass is 262 g/mol. The first-order valence-corrected chi connectivity index (χ1v) is 6.81. The van der Waals surface area contributed by atoms with Gasteiger partial charge in [0.25, 0.3) is 0 Å². The Kier molecular flexibility index (Phi) is 4.50. The Balaban J connectivity index is 1.91. The van der Waals surface area contributed by atoms with Crippen LogP contribution in [0.3, 0.4) is 0 Å². The number of carbonyl (C=O) groups excluding carboxylic acids is 1. The number of nitrogens with zero attached hydrogens (tertiary/aromatic N) is 2. The quantitative estimate of drug-likeness (QED) is 0.799. The van der Waals surface area contributed by atoms with Gasteiger partial charge < -0.3 is 5.32 Å². The van der Waals surface area contributed by atoms with Gasteiger partial charge in [-0.2, -0.15) is 0 Å². The van der Waals surface area contributed by atoms with Crippen LogP contribution in [0.1, 0.15) is 43.7 Å². The van der Waals surface area contributed by atoms with E-state index in [-0.39, 0.29) is 11.9 Å². The van der Waals surface area contributed by atoms with Crippen LogP contribution in [-0.2, 0) is 11.3 Å². The highest BCUT2D eigenvalue weighted by atomic mass is 16.2. The molecule has 1 aromatic heterocycles. The molecule has 1 unspecified atom stereocenters. The van der Waals surface area contributed by atoms with Crippen molar-refractivity contribution in [3.05, 3.63) is 29.6 Å². The maximum absolute atomic E-state index is 12.0. The Morgan fingerprint density at radius 2 is 2.37 bits per heavy atom. The smallest absolute Gasteiger partial charge is 0.239 e. The van der Waals surface area contributed by atoms with Crippen molar-refractivity contribution in [1.82, 2.24) is 15.3 Å². The number of hydrogen-bond donors (Lipinski definition) is 2. The van der Waals surface area contributed by atoms with Gasteiger partial charge in [-0.1, -0.05) is 19.9 Å². The fourth-order valence-corrected chi connectivity index (χ4v) is 2.30. The van der Waals surface area contributed by atoms with Crippen molar-refractivity contribution in [3.8, 4) is 0 Å². The van der Waals surface area contributed by atoms with Crippen molar-refractivity contribution in [3.63, 3.8) is 0 Å². The number of nitrogens with one attached hydrogen (secondary N) is 1. The number of hydrazine groups is 1. The third kappa shape index (κ3) is 3.52. The fourth-order valence-electron chi connectivity index (χ4n) is 2.30. The number of nitrogens with two attached hydrogens (primary N) is 1. The summed E-state index contributed by atoms with van der Waals surface area (Å²) < 4.78 is 0. The number of amides is 1. The van der Waals surface area contributed by atoms with E-state index in [1.165, 1.54) is 5.56 Å². The molecule has 0 aliphatic carbocycles. The molecule has 104 valence electrons. The Morgan fingerprint density at radius 1 is 1.58 bits per heavy atom. The summed E-state index contributed by atoms with van der Waals surface area (Å²) in [6, 6.07) is 1.91. The number of pyridine rings is 1. The zero-order valence-electron chi connectivity index (χ0n) is 11.6. The maximum Gasteiger partial charge on any atom is 0.239 e. The minimum Gasteiger partial charge on any atom is -0.351 e. The average molecular weight is 262 g/mol. The van der Waals surface area contributed by atoms with E-state index in [2.05, 4.69) is 30.2 Å². The van der Waals surface area contributed by atoms with Crippen molar-refractivity contribution in [1.29, 1.82) is 0 Å². The molecule has 1 aliphatic heterocycles. The third-order valence-electron chi connectivity index (χ3n) is 3.55. The van der Waals surface area contributed by atoms with Gasteiger partial charge in [-0.05, 0) is 29.9 Å². The summed E-state index contributed by atoms with van der Waals surface area (Å²) in [6.45, 7) is 5.56. The zero-order valence-corrected chi connectivity index (χ0v) is 11.6. The lowest BCUT2D eigenvalue weighted by Gasteiger charge is -2.18. The summed E-state index contributed by atoms with van der Waals surface area (Å²) in [5.41, 5.74) is 2.22. The standard InChI is InChI=1S/C14H22N4O/c1-10(2)12-6-11(7-16-9-12)8-17-14(19)13-4-3-5-18(13)15/h6-7,9-10,13H,3-5,8,15H2,1-2H3,(H,17,19). The fraction of sp³-hybridized carbons (Fsp3) is 0.571. The van der Waals surface area contributed by atoms with Crippen molar-refractivity contribution >= 4 is 5.91 Å². The molecule has 0 bridgehead atoms. The van der Waals surface area contributed by atoms with E-state index in [9.17, 15) is 4.79 Å². The highest BCUT2D eigenvalue weighted by Gasteiger charge is 2.28. The number of rotatable bonds is 4. The van der Waals surface area contributed by atoms with Crippen LogP contribution in [-0.4, -0.2) is 28.5 Å². The van der Waals surface area contributed by atoms with E-state index in [1.54, 1.807) is 11.2 Å². The molecule has 0 radical (unpaired) electrons. The van der Waals surface area contributed by atoms with Crippen LogP contribution < -0.4 is 11.2 Å². The summed E-state index contributed by atoms with van der Waals surface area (Å²) in [6.07, 6.45) is 5.49. The molecular formula is C14H22N4O. The molecule has 1 atom stereocenters. The van der Waals surface area contributed by atoms with E-state index in [0.717, 1.165) is 24.9 Å². The minimum atomic E-state index is -0.179. The summed E-state index contributed by atoms with van der Waals surface area (Å²) in [7, 11) is 0. The van der Waals surface area contributed by atoms with Crippen molar-refractivity contribution < 1.29 is 4.79 Å². The van der Waals surface area contributed by atoms with Crippen molar-refractivity contribution in [2.75, 3.05) is 6.54 Å². The molecule has 3 N–H and O–H groups in total. The molecule has 2 heterocycles. The highest BCUT2D eigenvalue weighted by molar-refractivity contribution is 5.81. The molecule has 0 aromatic carbocycles. The lowest BCUT2D eigenvalue weighted by Crippen LogP contribution is -2.46. The van der Waals surface area contributed by atoms with Crippen molar-refractivity contribution in [2.45, 2.75) is 45.2 Å². The van der Waals surface area contributed by atoms with Gasteiger partial charge in [0.2, 0.25) is 5.91 Å². The molecule has 2 rings (SSSR count). The summed E-state index contributed by atoms with van der Waals surface area (Å²) in [5, 5.41) is 4.56. The van der Waals surface area contributed by atoms with Gasteiger partial charge in [0.05, 0.1) is 0 Å². The molecular weight excluding hydrogens is 240 g/mol. The van der Waals surface area contributed by atoms with Crippen LogP contribution in [0, 0.1) is 0 Å². The van der Waals surface area contributed by atoms with Gasteiger partial charge >= 0.3 is 0 Å². The SMILES string of the molecule is CC(C)c1cncc(CNC(=O)C2CCCN2N)c1. The maximum atomic E-state index is 12.0. The molecule has 1 aromatic rings. The second-order valence-corrected chi connectivity index (χ2v) is 5.39. The molecule has 1 amide bonds. The van der Waals surface area contributed by atoms with Crippen LogP contribution in [0.4, 0.5) is 0 Å². The second kappa shape index (κ2) is 6.12. The van der Waals surface area contributed by atoms with Crippen LogP contribution in [0.15, 0.2) is 18.5 Å². The zero-order chi connectivity index (χ0) is 13.8. The molecule has 0 saturated carbocycles. The third-order valence-corrected chi connectivity index (χ3v) is 3.55. The lowest BCUT2D eigenvalue weighted by atomic mass is 10.0. The second-order valence-electron chi connectivity index (χ2n) is 5.39. The minimum absolute atomic E-state index is 0.00921. The van der Waals surface area contributed by atoms with Gasteiger partial charge in [-0.15, -0.1) is 0 Å². The Bertz CT molecular complexity index is 447. The normalized spacial score (nSPS) is 19.9. The average Bonchev–Trinajstić information content (AvgIpc) is 2.82. The topological polar surface area (TPSA) is 71.2 Å². The molecule has 5 nitrogen and oxygen atoms in total. The van der Waals surface area contributed by atoms with Crippen LogP contribution >= 0.6 is 0 Å². The molecule has 1 aliphatic rings. The van der Waals surface area contributed by atoms with Gasteiger partial charge in [-0.3, -0.25) is 15.6 Å². The first-order chi connectivity index (χ1) is 9.08.